The van der Waals surface area contributed by atoms with Crippen LogP contribution in [0.15, 0.2) is 30.3 Å². The number of amides is 4. The summed E-state index contributed by atoms with van der Waals surface area (Å²) in [4.78, 5) is 55.3. The smallest absolute Gasteiger partial charge is 0.415 e. The van der Waals surface area contributed by atoms with Crippen LogP contribution in [0.3, 0.4) is 0 Å². The number of hydrogen-bond donors (Lipinski definition) is 2. The normalized spacial score (nSPS) is 19.3. The summed E-state index contributed by atoms with van der Waals surface area (Å²) in [5, 5.41) is 5.67. The molecule has 4 amide bonds. The number of hydroxylamine groups is 2. The van der Waals surface area contributed by atoms with Gasteiger partial charge < -0.3 is 19.5 Å². The second-order valence-corrected chi connectivity index (χ2v) is 8.73. The van der Waals surface area contributed by atoms with Crippen LogP contribution in [0.1, 0.15) is 53.0 Å². The quantitative estimate of drug-likeness (QED) is 0.330. The Morgan fingerprint density at radius 1 is 1.00 bits per heavy atom. The summed E-state index contributed by atoms with van der Waals surface area (Å²) < 4.78 is 15.2. The van der Waals surface area contributed by atoms with E-state index in [2.05, 4.69) is 10.6 Å². The summed E-state index contributed by atoms with van der Waals surface area (Å²) in [6.45, 7) is 8.59. The third-order valence-corrected chi connectivity index (χ3v) is 4.80. The molecule has 2 rings (SSSR count). The Balaban J connectivity index is 2.17. The zero-order valence-corrected chi connectivity index (χ0v) is 20.2. The second kappa shape index (κ2) is 11.7. The van der Waals surface area contributed by atoms with E-state index in [0.717, 1.165) is 10.6 Å². The number of nitrogens with one attached hydrogen (secondary N) is 2. The standard InChI is InChI=1S/C23H33N3O8/c1-6-31-18(27)23(25-21(30)34-22(3,4)5)13-17(14-23)26(19(28)24-20(29)32-7-2)33-15-16-11-9-8-10-12-16/h8-12,17H,6-7,13-15H2,1-5H3,(H,25,30)(H,24,28,29). The van der Waals surface area contributed by atoms with Crippen molar-refractivity contribution in [3.8, 4) is 0 Å². The summed E-state index contributed by atoms with van der Waals surface area (Å²) in [5.74, 6) is -0.647. The molecule has 0 atom stereocenters. The number of benzene rings is 1. The minimum absolute atomic E-state index is 0.00386. The lowest BCUT2D eigenvalue weighted by Crippen LogP contribution is -2.69. The number of nitrogens with zero attached hydrogens (tertiary/aromatic N) is 1. The maximum Gasteiger partial charge on any atom is 0.415 e. The molecule has 1 aromatic rings. The number of esters is 1. The Kier molecular flexibility index (Phi) is 9.25. The Labute approximate surface area is 199 Å². The number of imide groups is 1. The molecule has 0 aromatic heterocycles. The van der Waals surface area contributed by atoms with Crippen LogP contribution in [0.5, 0.6) is 0 Å². The minimum Gasteiger partial charge on any atom is -0.464 e. The third-order valence-electron chi connectivity index (χ3n) is 4.80. The van der Waals surface area contributed by atoms with Crippen molar-refractivity contribution < 1.29 is 38.2 Å². The molecule has 11 heteroatoms. The van der Waals surface area contributed by atoms with Crippen molar-refractivity contribution in [3.05, 3.63) is 35.9 Å². The highest BCUT2D eigenvalue weighted by molar-refractivity contribution is 5.91. The summed E-state index contributed by atoms with van der Waals surface area (Å²) in [6, 6.07) is 7.62. The highest BCUT2D eigenvalue weighted by Crippen LogP contribution is 2.38. The molecule has 0 radical (unpaired) electrons. The topological polar surface area (TPSA) is 132 Å². The largest absolute Gasteiger partial charge is 0.464 e. The van der Waals surface area contributed by atoms with Gasteiger partial charge in [0.15, 0.2) is 0 Å². The number of hydrogen-bond acceptors (Lipinski definition) is 8. The molecule has 1 aromatic carbocycles. The summed E-state index contributed by atoms with van der Waals surface area (Å²) >= 11 is 0. The zero-order chi connectivity index (χ0) is 25.4. The van der Waals surface area contributed by atoms with Crippen molar-refractivity contribution in [3.63, 3.8) is 0 Å². The van der Waals surface area contributed by atoms with Gasteiger partial charge >= 0.3 is 24.2 Å². The molecule has 0 saturated heterocycles. The summed E-state index contributed by atoms with van der Waals surface area (Å²) in [7, 11) is 0. The van der Waals surface area contributed by atoms with Crippen molar-refractivity contribution >= 4 is 24.2 Å². The van der Waals surface area contributed by atoms with Crippen LogP contribution < -0.4 is 10.6 Å². The predicted octanol–water partition coefficient (Wildman–Crippen LogP) is 3.28. The molecule has 0 heterocycles. The maximum absolute atomic E-state index is 12.8. The number of urea groups is 1. The van der Waals surface area contributed by atoms with Crippen molar-refractivity contribution in [2.75, 3.05) is 13.2 Å². The average Bonchev–Trinajstić information content (AvgIpc) is 2.71. The van der Waals surface area contributed by atoms with Crippen LogP contribution in [0.4, 0.5) is 14.4 Å². The van der Waals surface area contributed by atoms with Crippen molar-refractivity contribution in [1.82, 2.24) is 15.7 Å². The van der Waals surface area contributed by atoms with Crippen molar-refractivity contribution in [2.24, 2.45) is 0 Å². The molecule has 188 valence electrons. The first kappa shape index (κ1) is 26.9. The molecule has 1 saturated carbocycles. The van der Waals surface area contributed by atoms with E-state index in [4.69, 9.17) is 19.0 Å². The maximum atomic E-state index is 12.8. The van der Waals surface area contributed by atoms with Gasteiger partial charge in [-0.15, -0.1) is 0 Å². The molecule has 0 spiro atoms. The Hall–Kier alpha value is -3.34. The fourth-order valence-corrected chi connectivity index (χ4v) is 3.36. The third kappa shape index (κ3) is 7.62. The molecule has 2 N–H and O–H groups in total. The SMILES string of the molecule is CCOC(=O)NC(=O)N(OCc1ccccc1)C1CC(NC(=O)OC(C)(C)C)(C(=O)OCC)C1. The molecule has 1 fully saturated rings. The fraction of sp³-hybridized carbons (Fsp3) is 0.565. The van der Waals surface area contributed by atoms with Gasteiger partial charge in [-0.3, -0.25) is 4.84 Å². The van der Waals surface area contributed by atoms with Crippen LogP contribution in [0, 0.1) is 0 Å². The highest BCUT2D eigenvalue weighted by Gasteiger charge is 2.56. The van der Waals surface area contributed by atoms with Gasteiger partial charge in [-0.1, -0.05) is 30.3 Å². The van der Waals surface area contributed by atoms with E-state index in [-0.39, 0.29) is 32.7 Å². The average molecular weight is 480 g/mol. The molecule has 0 unspecified atom stereocenters. The van der Waals surface area contributed by atoms with E-state index in [1.807, 2.05) is 30.3 Å². The Morgan fingerprint density at radius 3 is 2.18 bits per heavy atom. The van der Waals surface area contributed by atoms with E-state index in [0.29, 0.717) is 0 Å². The lowest BCUT2D eigenvalue weighted by atomic mass is 9.72. The van der Waals surface area contributed by atoms with Crippen LogP contribution in [-0.4, -0.2) is 59.6 Å². The molecule has 1 aliphatic rings. The van der Waals surface area contributed by atoms with Crippen LogP contribution in [0.2, 0.25) is 0 Å². The molecule has 11 nitrogen and oxygen atoms in total. The lowest BCUT2D eigenvalue weighted by Gasteiger charge is -2.48. The number of rotatable bonds is 8. The molecule has 0 bridgehead atoms. The molecular formula is C23H33N3O8. The van der Waals surface area contributed by atoms with Crippen molar-refractivity contribution in [2.45, 2.75) is 71.2 Å². The molecule has 34 heavy (non-hydrogen) atoms. The predicted molar refractivity (Wildman–Crippen MR) is 120 cm³/mol. The highest BCUT2D eigenvalue weighted by atomic mass is 16.7. The molecular weight excluding hydrogens is 446 g/mol. The summed E-state index contributed by atoms with van der Waals surface area (Å²) in [5.41, 5.74) is -1.38. The molecule has 0 aliphatic heterocycles. The van der Waals surface area contributed by atoms with Crippen LogP contribution in [0.25, 0.3) is 0 Å². The second-order valence-electron chi connectivity index (χ2n) is 8.73. The Morgan fingerprint density at radius 2 is 1.62 bits per heavy atom. The van der Waals surface area contributed by atoms with Gasteiger partial charge in [-0.25, -0.2) is 24.5 Å². The van der Waals surface area contributed by atoms with Gasteiger partial charge in [-0.2, -0.15) is 5.06 Å². The number of alkyl carbamates (subject to hydrolysis) is 2. The lowest BCUT2D eigenvalue weighted by molar-refractivity contribution is -0.193. The van der Waals surface area contributed by atoms with Gasteiger partial charge in [0.1, 0.15) is 17.7 Å². The minimum atomic E-state index is -1.40. The number of carbonyl (C=O) groups excluding carboxylic acids is 4. The van der Waals surface area contributed by atoms with Gasteiger partial charge in [0, 0.05) is 12.8 Å². The zero-order valence-electron chi connectivity index (χ0n) is 20.2. The van der Waals surface area contributed by atoms with Crippen LogP contribution in [-0.2, 0) is 30.4 Å². The van der Waals surface area contributed by atoms with E-state index >= 15 is 0 Å². The van der Waals surface area contributed by atoms with Gasteiger partial charge in [0.2, 0.25) is 0 Å². The first-order valence-corrected chi connectivity index (χ1v) is 11.1. The first-order chi connectivity index (χ1) is 16.0. The first-order valence-electron chi connectivity index (χ1n) is 11.1. The van der Waals surface area contributed by atoms with E-state index in [9.17, 15) is 19.2 Å². The van der Waals surface area contributed by atoms with Gasteiger partial charge in [0.25, 0.3) is 0 Å². The van der Waals surface area contributed by atoms with E-state index < -0.39 is 41.4 Å². The number of carbonyl (C=O) groups is 4. The molecule has 1 aliphatic carbocycles. The van der Waals surface area contributed by atoms with E-state index in [1.54, 1.807) is 34.6 Å². The summed E-state index contributed by atoms with van der Waals surface area (Å²) in [6.07, 6.45) is -1.72. The number of ether oxygens (including phenoxy) is 3. The fourth-order valence-electron chi connectivity index (χ4n) is 3.36. The van der Waals surface area contributed by atoms with Crippen molar-refractivity contribution in [1.29, 1.82) is 0 Å². The van der Waals surface area contributed by atoms with Gasteiger partial charge in [0.05, 0.1) is 19.3 Å². The Bertz CT molecular complexity index is 863. The van der Waals surface area contributed by atoms with E-state index in [1.165, 1.54) is 0 Å². The monoisotopic (exact) mass is 479 g/mol. The van der Waals surface area contributed by atoms with Crippen LogP contribution >= 0.6 is 0 Å². The van der Waals surface area contributed by atoms with Gasteiger partial charge in [-0.05, 0) is 40.2 Å².